The van der Waals surface area contributed by atoms with E-state index in [1.165, 1.54) is 16.7 Å². The van der Waals surface area contributed by atoms with Crippen LogP contribution in [0, 0.1) is 6.92 Å². The van der Waals surface area contributed by atoms with Crippen molar-refractivity contribution in [2.75, 3.05) is 5.32 Å². The first kappa shape index (κ1) is 11.2. The Hall–Kier alpha value is -2.61. The van der Waals surface area contributed by atoms with E-state index in [9.17, 15) is 4.79 Å². The highest BCUT2D eigenvalue weighted by Gasteiger charge is 2.22. The Morgan fingerprint density at radius 2 is 1.65 bits per heavy atom. The molecule has 0 fully saturated rings. The molecule has 0 aliphatic carbocycles. The number of anilines is 1. The summed E-state index contributed by atoms with van der Waals surface area (Å²) in [5.41, 5.74) is 5.28. The van der Waals surface area contributed by atoms with Crippen LogP contribution in [0.3, 0.4) is 0 Å². The number of rotatable bonds is 1. The lowest BCUT2D eigenvalue weighted by Crippen LogP contribution is -2.03. The summed E-state index contributed by atoms with van der Waals surface area (Å²) in [7, 11) is 0. The molecule has 1 heterocycles. The summed E-state index contributed by atoms with van der Waals surface area (Å²) < 4.78 is 0. The Labute approximate surface area is 117 Å². The molecule has 20 heavy (non-hydrogen) atoms. The van der Waals surface area contributed by atoms with Gasteiger partial charge < -0.3 is 5.32 Å². The van der Waals surface area contributed by atoms with Crippen LogP contribution in [0.4, 0.5) is 5.69 Å². The number of benzene rings is 3. The molecule has 96 valence electrons. The van der Waals surface area contributed by atoms with E-state index in [1.54, 1.807) is 0 Å². The summed E-state index contributed by atoms with van der Waals surface area (Å²) in [5.74, 6) is -0.00773. The second kappa shape index (κ2) is 3.94. The fourth-order valence-corrected chi connectivity index (χ4v) is 2.87. The van der Waals surface area contributed by atoms with Gasteiger partial charge in [-0.2, -0.15) is 0 Å². The van der Waals surface area contributed by atoms with E-state index in [1.807, 2.05) is 18.2 Å². The van der Waals surface area contributed by atoms with Gasteiger partial charge in [-0.25, -0.2) is 0 Å². The monoisotopic (exact) mass is 259 g/mol. The minimum absolute atomic E-state index is 0.00773. The molecule has 0 bridgehead atoms. The highest BCUT2D eigenvalue weighted by Crippen LogP contribution is 2.38. The zero-order valence-electron chi connectivity index (χ0n) is 11.1. The standard InChI is InChI=1S/C18H13NO/c1-11-5-7-12(8-6-11)13-9-10-16-17-14(13)3-2-4-15(17)18(20)19-16/h2-10H,1H3,(H,19,20). The Bertz CT molecular complexity index is 847. The smallest absolute Gasteiger partial charge is 0.256 e. The average molecular weight is 259 g/mol. The molecule has 1 aliphatic heterocycles. The summed E-state index contributed by atoms with van der Waals surface area (Å²) in [5, 5.41) is 5.08. The molecule has 2 heteroatoms. The predicted octanol–water partition coefficient (Wildman–Crippen LogP) is 4.38. The Morgan fingerprint density at radius 1 is 0.850 bits per heavy atom. The first-order valence-electron chi connectivity index (χ1n) is 6.68. The van der Waals surface area contributed by atoms with Gasteiger partial charge >= 0.3 is 0 Å². The molecule has 3 aromatic carbocycles. The average Bonchev–Trinajstić information content (AvgIpc) is 2.79. The Balaban J connectivity index is 2.05. The van der Waals surface area contributed by atoms with E-state index in [2.05, 4.69) is 48.6 Å². The molecule has 0 unspecified atom stereocenters. The third-order valence-electron chi connectivity index (χ3n) is 3.90. The highest BCUT2D eigenvalue weighted by atomic mass is 16.1. The van der Waals surface area contributed by atoms with Gasteiger partial charge in [0.1, 0.15) is 0 Å². The molecule has 4 rings (SSSR count). The van der Waals surface area contributed by atoms with Crippen LogP contribution in [0.15, 0.2) is 54.6 Å². The topological polar surface area (TPSA) is 29.1 Å². The maximum atomic E-state index is 11.9. The largest absolute Gasteiger partial charge is 0.321 e. The summed E-state index contributed by atoms with van der Waals surface area (Å²) in [6.07, 6.45) is 0. The maximum absolute atomic E-state index is 11.9. The maximum Gasteiger partial charge on any atom is 0.256 e. The van der Waals surface area contributed by atoms with Gasteiger partial charge in [0, 0.05) is 16.6 Å². The first-order chi connectivity index (χ1) is 9.74. The van der Waals surface area contributed by atoms with Crippen molar-refractivity contribution in [1.82, 2.24) is 0 Å². The lowest BCUT2D eigenvalue weighted by Gasteiger charge is -2.08. The number of carbonyl (C=O) groups is 1. The van der Waals surface area contributed by atoms with Gasteiger partial charge in [-0.05, 0) is 35.6 Å². The lowest BCUT2D eigenvalue weighted by molar-refractivity contribution is 0.103. The molecule has 1 N–H and O–H groups in total. The molecule has 0 saturated heterocycles. The molecular weight excluding hydrogens is 246 g/mol. The number of carbonyl (C=O) groups excluding carboxylic acids is 1. The van der Waals surface area contributed by atoms with Gasteiger partial charge in [0.05, 0.1) is 0 Å². The Kier molecular flexibility index (Phi) is 2.21. The fourth-order valence-electron chi connectivity index (χ4n) is 2.87. The van der Waals surface area contributed by atoms with Crippen molar-refractivity contribution in [1.29, 1.82) is 0 Å². The van der Waals surface area contributed by atoms with Crippen molar-refractivity contribution in [3.05, 3.63) is 65.7 Å². The number of aryl methyl sites for hydroxylation is 1. The van der Waals surface area contributed by atoms with Crippen LogP contribution >= 0.6 is 0 Å². The molecule has 0 spiro atoms. The van der Waals surface area contributed by atoms with Crippen molar-refractivity contribution >= 4 is 22.4 Å². The van der Waals surface area contributed by atoms with Gasteiger partial charge in [0.15, 0.2) is 0 Å². The second-order valence-corrected chi connectivity index (χ2v) is 5.21. The lowest BCUT2D eigenvalue weighted by atomic mass is 9.95. The molecule has 0 saturated carbocycles. The molecular formula is C18H13NO. The number of amides is 1. The molecule has 2 nitrogen and oxygen atoms in total. The van der Waals surface area contributed by atoms with Crippen LogP contribution in [-0.4, -0.2) is 5.91 Å². The van der Waals surface area contributed by atoms with E-state index < -0.39 is 0 Å². The third kappa shape index (κ3) is 1.48. The van der Waals surface area contributed by atoms with Crippen LogP contribution < -0.4 is 5.32 Å². The summed E-state index contributed by atoms with van der Waals surface area (Å²) in [6.45, 7) is 2.08. The minimum Gasteiger partial charge on any atom is -0.321 e. The zero-order chi connectivity index (χ0) is 13.7. The molecule has 3 aromatic rings. The number of nitrogens with one attached hydrogen (secondary N) is 1. The van der Waals surface area contributed by atoms with Crippen molar-refractivity contribution < 1.29 is 4.79 Å². The number of hydrogen-bond acceptors (Lipinski definition) is 1. The highest BCUT2D eigenvalue weighted by molar-refractivity contribution is 6.25. The van der Waals surface area contributed by atoms with Gasteiger partial charge in [-0.3, -0.25) is 4.79 Å². The van der Waals surface area contributed by atoms with Crippen LogP contribution in [0.2, 0.25) is 0 Å². The molecule has 0 atom stereocenters. The second-order valence-electron chi connectivity index (χ2n) is 5.21. The van der Waals surface area contributed by atoms with E-state index >= 15 is 0 Å². The summed E-state index contributed by atoms with van der Waals surface area (Å²) in [6, 6.07) is 18.5. The van der Waals surface area contributed by atoms with E-state index in [-0.39, 0.29) is 5.91 Å². The SMILES string of the molecule is Cc1ccc(-c2ccc3c4c(cccc24)C(=O)N3)cc1. The van der Waals surface area contributed by atoms with Crippen LogP contribution in [0.5, 0.6) is 0 Å². The van der Waals surface area contributed by atoms with Crippen molar-refractivity contribution in [2.45, 2.75) is 6.92 Å². The zero-order valence-corrected chi connectivity index (χ0v) is 11.1. The van der Waals surface area contributed by atoms with Gasteiger partial charge in [0.2, 0.25) is 0 Å². The van der Waals surface area contributed by atoms with Gasteiger partial charge in [0.25, 0.3) is 5.91 Å². The Morgan fingerprint density at radius 3 is 2.45 bits per heavy atom. The van der Waals surface area contributed by atoms with Crippen LogP contribution in [0.25, 0.3) is 21.9 Å². The number of hydrogen-bond donors (Lipinski definition) is 1. The third-order valence-corrected chi connectivity index (χ3v) is 3.90. The normalized spacial score (nSPS) is 12.8. The summed E-state index contributed by atoms with van der Waals surface area (Å²) >= 11 is 0. The molecule has 0 radical (unpaired) electrons. The predicted molar refractivity (Wildman–Crippen MR) is 82.1 cm³/mol. The van der Waals surface area contributed by atoms with E-state index in [0.717, 1.165) is 22.0 Å². The van der Waals surface area contributed by atoms with Gasteiger partial charge in [-0.15, -0.1) is 0 Å². The van der Waals surface area contributed by atoms with E-state index in [0.29, 0.717) is 0 Å². The van der Waals surface area contributed by atoms with Gasteiger partial charge in [-0.1, -0.05) is 48.0 Å². The van der Waals surface area contributed by atoms with E-state index in [4.69, 9.17) is 0 Å². The molecule has 1 amide bonds. The van der Waals surface area contributed by atoms with Crippen molar-refractivity contribution in [3.8, 4) is 11.1 Å². The minimum atomic E-state index is -0.00773. The van der Waals surface area contributed by atoms with Crippen molar-refractivity contribution in [3.63, 3.8) is 0 Å². The summed E-state index contributed by atoms with van der Waals surface area (Å²) in [4.78, 5) is 11.9. The van der Waals surface area contributed by atoms with Crippen LogP contribution in [0.1, 0.15) is 15.9 Å². The first-order valence-corrected chi connectivity index (χ1v) is 6.68. The molecule has 0 aromatic heterocycles. The quantitative estimate of drug-likeness (QED) is 0.690. The van der Waals surface area contributed by atoms with Crippen LogP contribution in [-0.2, 0) is 0 Å². The molecule has 1 aliphatic rings. The van der Waals surface area contributed by atoms with Crippen molar-refractivity contribution in [2.24, 2.45) is 0 Å². The fraction of sp³-hybridized carbons (Fsp3) is 0.0556.